The van der Waals surface area contributed by atoms with Gasteiger partial charge in [0, 0.05) is 38.5 Å². The first kappa shape index (κ1) is 13.9. The molecule has 1 rings (SSSR count). The zero-order valence-electron chi connectivity index (χ0n) is 11.1. The maximum Gasteiger partial charge on any atom is 0.131 e. The van der Waals surface area contributed by atoms with Gasteiger partial charge in [0.1, 0.15) is 12.1 Å². The van der Waals surface area contributed by atoms with Crippen molar-refractivity contribution in [1.82, 2.24) is 9.97 Å². The molecule has 0 spiro atoms. The Morgan fingerprint density at radius 3 is 2.71 bits per heavy atom. The minimum atomic E-state index is -0.0116. The highest BCUT2D eigenvalue weighted by Gasteiger charge is 2.10. The van der Waals surface area contributed by atoms with E-state index in [4.69, 9.17) is 10.5 Å². The number of nitrogens with zero attached hydrogens (tertiary/aromatic N) is 3. The molecule has 96 valence electrons. The summed E-state index contributed by atoms with van der Waals surface area (Å²) in [4.78, 5) is 10.5. The lowest BCUT2D eigenvalue weighted by Crippen LogP contribution is -2.38. The molecule has 2 N–H and O–H groups in total. The third-order valence-corrected chi connectivity index (χ3v) is 2.55. The zero-order chi connectivity index (χ0) is 12.8. The molecule has 0 fully saturated rings. The lowest BCUT2D eigenvalue weighted by Gasteiger charge is -2.22. The summed E-state index contributed by atoms with van der Waals surface area (Å²) in [5, 5.41) is 0. The van der Waals surface area contributed by atoms with E-state index in [9.17, 15) is 0 Å². The Hall–Kier alpha value is -1.20. The molecule has 0 aliphatic carbocycles. The summed E-state index contributed by atoms with van der Waals surface area (Å²) < 4.78 is 5.02. The van der Waals surface area contributed by atoms with E-state index in [2.05, 4.69) is 23.8 Å². The van der Waals surface area contributed by atoms with E-state index in [-0.39, 0.29) is 6.04 Å². The minimum absolute atomic E-state index is 0.0116. The van der Waals surface area contributed by atoms with Gasteiger partial charge in [-0.15, -0.1) is 0 Å². The number of methoxy groups -OCH3 is 1. The van der Waals surface area contributed by atoms with Gasteiger partial charge in [-0.1, -0.05) is 13.8 Å². The van der Waals surface area contributed by atoms with Gasteiger partial charge in [-0.25, -0.2) is 9.97 Å². The van der Waals surface area contributed by atoms with E-state index >= 15 is 0 Å². The summed E-state index contributed by atoms with van der Waals surface area (Å²) >= 11 is 0. The van der Waals surface area contributed by atoms with Crippen LogP contribution in [-0.2, 0) is 4.74 Å². The smallest absolute Gasteiger partial charge is 0.131 e. The second-order valence-corrected chi connectivity index (χ2v) is 4.55. The summed E-state index contributed by atoms with van der Waals surface area (Å²) in [6, 6.07) is 1.99. The van der Waals surface area contributed by atoms with Crippen LogP contribution in [0.4, 0.5) is 5.82 Å². The molecule has 0 bridgehead atoms. The Labute approximate surface area is 103 Å². The minimum Gasteiger partial charge on any atom is -0.383 e. The Morgan fingerprint density at radius 1 is 1.41 bits per heavy atom. The molecule has 1 atom stereocenters. The van der Waals surface area contributed by atoms with Crippen LogP contribution in [0.15, 0.2) is 12.4 Å². The Kier molecular flexibility index (Phi) is 5.31. The standard InChI is InChI=1S/C12H22N4O/c1-9(2)11-5-12(15-8-14-11)16(3)6-10(13)7-17-4/h5,8-10H,6-7,13H2,1-4H3. The van der Waals surface area contributed by atoms with Crippen molar-refractivity contribution >= 4 is 5.82 Å². The zero-order valence-corrected chi connectivity index (χ0v) is 11.1. The first-order valence-electron chi connectivity index (χ1n) is 5.82. The van der Waals surface area contributed by atoms with Crippen molar-refractivity contribution in [3.63, 3.8) is 0 Å². The highest BCUT2D eigenvalue weighted by molar-refractivity contribution is 5.38. The molecular weight excluding hydrogens is 216 g/mol. The second kappa shape index (κ2) is 6.51. The van der Waals surface area contributed by atoms with Gasteiger partial charge < -0.3 is 15.4 Å². The summed E-state index contributed by atoms with van der Waals surface area (Å²) in [7, 11) is 3.63. The van der Waals surface area contributed by atoms with Crippen LogP contribution < -0.4 is 10.6 Å². The van der Waals surface area contributed by atoms with Crippen LogP contribution >= 0.6 is 0 Å². The molecule has 0 aliphatic heterocycles. The largest absolute Gasteiger partial charge is 0.383 e. The topological polar surface area (TPSA) is 64.3 Å². The molecule has 0 radical (unpaired) electrons. The lowest BCUT2D eigenvalue weighted by atomic mass is 10.1. The number of likely N-dealkylation sites (N-methyl/N-ethyl adjacent to an activating group) is 1. The average molecular weight is 238 g/mol. The first-order chi connectivity index (χ1) is 8.04. The van der Waals surface area contributed by atoms with Crippen molar-refractivity contribution in [3.8, 4) is 0 Å². The van der Waals surface area contributed by atoms with E-state index in [1.807, 2.05) is 18.0 Å². The SMILES string of the molecule is COCC(N)CN(C)c1cc(C(C)C)ncn1. The lowest BCUT2D eigenvalue weighted by molar-refractivity contribution is 0.181. The number of hydrogen-bond donors (Lipinski definition) is 1. The van der Waals surface area contributed by atoms with Crippen LogP contribution in [0, 0.1) is 0 Å². The normalized spacial score (nSPS) is 12.8. The maximum atomic E-state index is 5.91. The van der Waals surface area contributed by atoms with Crippen LogP contribution in [0.3, 0.4) is 0 Å². The molecule has 0 aliphatic rings. The van der Waals surface area contributed by atoms with Gasteiger partial charge in [0.15, 0.2) is 0 Å². The third-order valence-electron chi connectivity index (χ3n) is 2.55. The van der Waals surface area contributed by atoms with Crippen LogP contribution in [0.5, 0.6) is 0 Å². The van der Waals surface area contributed by atoms with E-state index in [1.54, 1.807) is 13.4 Å². The number of nitrogens with two attached hydrogens (primary N) is 1. The van der Waals surface area contributed by atoms with Crippen LogP contribution in [-0.4, -0.2) is 43.3 Å². The van der Waals surface area contributed by atoms with Crippen molar-refractivity contribution in [2.45, 2.75) is 25.8 Å². The van der Waals surface area contributed by atoms with Crippen LogP contribution in [0.2, 0.25) is 0 Å². The van der Waals surface area contributed by atoms with E-state index in [1.165, 1.54) is 0 Å². The second-order valence-electron chi connectivity index (χ2n) is 4.55. The van der Waals surface area contributed by atoms with Crippen molar-refractivity contribution in [2.75, 3.05) is 32.2 Å². The van der Waals surface area contributed by atoms with Gasteiger partial charge in [0.25, 0.3) is 0 Å². The molecule has 5 heteroatoms. The van der Waals surface area contributed by atoms with Gasteiger partial charge in [0.05, 0.1) is 6.61 Å². The average Bonchev–Trinajstić information content (AvgIpc) is 2.29. The number of hydrogen-bond acceptors (Lipinski definition) is 5. The Morgan fingerprint density at radius 2 is 2.12 bits per heavy atom. The van der Waals surface area contributed by atoms with Gasteiger partial charge in [0.2, 0.25) is 0 Å². The van der Waals surface area contributed by atoms with Crippen molar-refractivity contribution in [1.29, 1.82) is 0 Å². The summed E-state index contributed by atoms with van der Waals surface area (Å²) in [5.41, 5.74) is 6.95. The fourth-order valence-corrected chi connectivity index (χ4v) is 1.60. The van der Waals surface area contributed by atoms with Crippen molar-refractivity contribution in [3.05, 3.63) is 18.1 Å². The molecular formula is C12H22N4O. The molecule has 1 unspecified atom stereocenters. The van der Waals surface area contributed by atoms with E-state index in [0.29, 0.717) is 19.1 Å². The third kappa shape index (κ3) is 4.28. The highest BCUT2D eigenvalue weighted by atomic mass is 16.5. The number of ether oxygens (including phenoxy) is 1. The van der Waals surface area contributed by atoms with Crippen LogP contribution in [0.25, 0.3) is 0 Å². The molecule has 1 aromatic heterocycles. The molecule has 0 saturated heterocycles. The molecule has 1 heterocycles. The maximum absolute atomic E-state index is 5.91. The number of rotatable bonds is 6. The number of anilines is 1. The van der Waals surface area contributed by atoms with E-state index in [0.717, 1.165) is 11.5 Å². The first-order valence-corrected chi connectivity index (χ1v) is 5.82. The summed E-state index contributed by atoms with van der Waals surface area (Å²) in [5.74, 6) is 1.30. The van der Waals surface area contributed by atoms with E-state index < -0.39 is 0 Å². The molecule has 17 heavy (non-hydrogen) atoms. The summed E-state index contributed by atoms with van der Waals surface area (Å²) in [6.45, 7) is 5.49. The fraction of sp³-hybridized carbons (Fsp3) is 0.667. The predicted molar refractivity (Wildman–Crippen MR) is 69.2 cm³/mol. The van der Waals surface area contributed by atoms with Crippen molar-refractivity contribution < 1.29 is 4.74 Å². The predicted octanol–water partition coefficient (Wildman–Crippen LogP) is 1.01. The monoisotopic (exact) mass is 238 g/mol. The van der Waals surface area contributed by atoms with Gasteiger partial charge in [-0.3, -0.25) is 0 Å². The quantitative estimate of drug-likeness (QED) is 0.801. The Bertz CT molecular complexity index is 343. The van der Waals surface area contributed by atoms with Gasteiger partial charge in [-0.2, -0.15) is 0 Å². The Balaban J connectivity index is 2.68. The molecule has 0 saturated carbocycles. The summed E-state index contributed by atoms with van der Waals surface area (Å²) in [6.07, 6.45) is 1.60. The fourth-order valence-electron chi connectivity index (χ4n) is 1.60. The van der Waals surface area contributed by atoms with Crippen LogP contribution in [0.1, 0.15) is 25.5 Å². The molecule has 0 amide bonds. The van der Waals surface area contributed by atoms with Gasteiger partial charge >= 0.3 is 0 Å². The molecule has 1 aromatic rings. The molecule has 0 aromatic carbocycles. The number of aromatic nitrogens is 2. The highest BCUT2D eigenvalue weighted by Crippen LogP contribution is 2.15. The van der Waals surface area contributed by atoms with Crippen molar-refractivity contribution in [2.24, 2.45) is 5.73 Å². The molecule has 5 nitrogen and oxygen atoms in total. The van der Waals surface area contributed by atoms with Gasteiger partial charge in [-0.05, 0) is 5.92 Å².